The zero-order valence-electron chi connectivity index (χ0n) is 18.6. The number of carbonyl (C=O) groups excluding carboxylic acids is 2. The molecule has 4 rings (SSSR count). The number of hydrogen-bond acceptors (Lipinski definition) is 6. The van der Waals surface area contributed by atoms with Gasteiger partial charge in [-0.05, 0) is 37.8 Å². The van der Waals surface area contributed by atoms with E-state index in [1.807, 2.05) is 30.3 Å². The fourth-order valence-electron chi connectivity index (χ4n) is 4.11. The minimum absolute atomic E-state index is 0.0913. The maximum absolute atomic E-state index is 13.1. The van der Waals surface area contributed by atoms with Crippen molar-refractivity contribution < 1.29 is 14.3 Å². The van der Waals surface area contributed by atoms with Gasteiger partial charge in [-0.25, -0.2) is 9.78 Å². The van der Waals surface area contributed by atoms with Crippen LogP contribution in [0.5, 0.6) is 0 Å². The third-order valence-electron chi connectivity index (χ3n) is 5.87. The zero-order chi connectivity index (χ0) is 22.8. The average Bonchev–Trinajstić information content (AvgIpc) is 2.94. The lowest BCUT2D eigenvalue weighted by Crippen LogP contribution is -2.37. The molecule has 1 aliphatic heterocycles. The smallest absolute Gasteiger partial charge is 0.349 e. The molecule has 0 saturated carbocycles. The highest BCUT2D eigenvalue weighted by Gasteiger charge is 2.27. The highest BCUT2D eigenvalue weighted by atomic mass is 32.1. The van der Waals surface area contributed by atoms with Crippen molar-refractivity contribution in [1.82, 2.24) is 14.5 Å². The van der Waals surface area contributed by atoms with Gasteiger partial charge in [-0.1, -0.05) is 36.8 Å². The van der Waals surface area contributed by atoms with Crippen LogP contribution >= 0.6 is 11.3 Å². The molecule has 1 aromatic carbocycles. The van der Waals surface area contributed by atoms with Gasteiger partial charge in [0, 0.05) is 26.6 Å². The fourth-order valence-corrected chi connectivity index (χ4v) is 5.19. The molecule has 1 unspecified atom stereocenters. The Labute approximate surface area is 190 Å². The summed E-state index contributed by atoms with van der Waals surface area (Å²) in [7, 11) is 1.68. The molecule has 1 amide bonds. The van der Waals surface area contributed by atoms with Crippen LogP contribution in [-0.4, -0.2) is 39.5 Å². The summed E-state index contributed by atoms with van der Waals surface area (Å²) >= 11 is 1.17. The number of amides is 1. The zero-order valence-corrected chi connectivity index (χ0v) is 19.4. The summed E-state index contributed by atoms with van der Waals surface area (Å²) in [4.78, 5) is 45.8. The van der Waals surface area contributed by atoms with E-state index in [0.717, 1.165) is 37.1 Å². The Hall–Kier alpha value is -3.00. The first-order valence-electron chi connectivity index (χ1n) is 10.9. The van der Waals surface area contributed by atoms with Gasteiger partial charge in [0.25, 0.3) is 11.5 Å². The molecule has 0 fully saturated rings. The molecule has 3 heterocycles. The van der Waals surface area contributed by atoms with Crippen molar-refractivity contribution in [2.24, 2.45) is 0 Å². The summed E-state index contributed by atoms with van der Waals surface area (Å²) in [6, 6.07) is 9.62. The molecule has 1 aliphatic rings. The molecule has 3 aromatic rings. The lowest BCUT2D eigenvalue weighted by molar-refractivity contribution is -0.139. The Morgan fingerprint density at radius 3 is 2.72 bits per heavy atom. The Morgan fingerprint density at radius 1 is 1.22 bits per heavy atom. The Morgan fingerprint density at radius 2 is 1.97 bits per heavy atom. The third kappa shape index (κ3) is 4.32. The molecule has 8 heteroatoms. The van der Waals surface area contributed by atoms with Crippen LogP contribution in [0.25, 0.3) is 10.2 Å². The number of likely N-dealkylation sites (N-methyl/N-ethyl adjacent to an activating group) is 1. The van der Waals surface area contributed by atoms with Crippen LogP contribution in [0.15, 0.2) is 35.1 Å². The number of aryl methyl sites for hydroxylation is 2. The van der Waals surface area contributed by atoms with E-state index in [9.17, 15) is 14.4 Å². The molecule has 0 aliphatic carbocycles. The van der Waals surface area contributed by atoms with Crippen molar-refractivity contribution in [2.45, 2.75) is 58.7 Å². The van der Waals surface area contributed by atoms with E-state index in [-0.39, 0.29) is 11.5 Å². The highest BCUT2D eigenvalue weighted by Crippen LogP contribution is 2.29. The number of esters is 1. The average molecular weight is 454 g/mol. The first kappa shape index (κ1) is 22.2. The summed E-state index contributed by atoms with van der Waals surface area (Å²) < 4.78 is 7.24. The normalized spacial score (nSPS) is 14.5. The van der Waals surface area contributed by atoms with Crippen molar-refractivity contribution in [3.05, 3.63) is 62.5 Å². The van der Waals surface area contributed by atoms with Gasteiger partial charge in [0.15, 0.2) is 6.10 Å². The number of aromatic nitrogens is 2. The molecule has 168 valence electrons. The number of rotatable bonds is 5. The molecular formula is C24H27N3O4S. The van der Waals surface area contributed by atoms with Crippen LogP contribution in [0, 0.1) is 6.92 Å². The molecule has 0 spiro atoms. The molecule has 0 radical (unpaired) electrons. The monoisotopic (exact) mass is 453 g/mol. The van der Waals surface area contributed by atoms with E-state index in [2.05, 4.69) is 4.98 Å². The summed E-state index contributed by atoms with van der Waals surface area (Å²) in [6.45, 7) is 4.40. The molecule has 0 bridgehead atoms. The van der Waals surface area contributed by atoms with Gasteiger partial charge in [-0.2, -0.15) is 0 Å². The fraction of sp³-hybridized carbons (Fsp3) is 0.417. The maximum atomic E-state index is 13.1. The van der Waals surface area contributed by atoms with Crippen LogP contribution in [0.3, 0.4) is 0 Å². The van der Waals surface area contributed by atoms with Crippen LogP contribution < -0.4 is 5.56 Å². The SMILES string of the molecule is Cc1c(C(=O)OC(C)C(=O)N(C)Cc2ccccc2)sc2nc3n(c(=O)c12)CCCCC3. The second-order valence-electron chi connectivity index (χ2n) is 8.26. The second-order valence-corrected chi connectivity index (χ2v) is 9.26. The molecule has 0 N–H and O–H groups in total. The Bertz CT molecular complexity index is 1220. The van der Waals surface area contributed by atoms with Crippen molar-refractivity contribution in [3.63, 3.8) is 0 Å². The quantitative estimate of drug-likeness (QED) is 0.550. The minimum atomic E-state index is -0.938. The first-order chi connectivity index (χ1) is 15.4. The minimum Gasteiger partial charge on any atom is -0.448 e. The number of fused-ring (bicyclic) bond motifs is 2. The van der Waals surface area contributed by atoms with E-state index >= 15 is 0 Å². The van der Waals surface area contributed by atoms with E-state index < -0.39 is 12.1 Å². The van der Waals surface area contributed by atoms with Gasteiger partial charge < -0.3 is 9.64 Å². The largest absolute Gasteiger partial charge is 0.448 e. The summed E-state index contributed by atoms with van der Waals surface area (Å²) in [6.07, 6.45) is 2.87. The van der Waals surface area contributed by atoms with Crippen molar-refractivity contribution in [2.75, 3.05) is 7.05 Å². The van der Waals surface area contributed by atoms with E-state index in [1.165, 1.54) is 16.2 Å². The van der Waals surface area contributed by atoms with Gasteiger partial charge >= 0.3 is 5.97 Å². The molecular weight excluding hydrogens is 426 g/mol. The Kier molecular flexibility index (Phi) is 6.41. The number of nitrogens with zero attached hydrogens (tertiary/aromatic N) is 3. The topological polar surface area (TPSA) is 81.5 Å². The van der Waals surface area contributed by atoms with Crippen molar-refractivity contribution >= 4 is 33.4 Å². The van der Waals surface area contributed by atoms with Gasteiger partial charge in [-0.3, -0.25) is 14.2 Å². The van der Waals surface area contributed by atoms with Gasteiger partial charge in [0.2, 0.25) is 0 Å². The van der Waals surface area contributed by atoms with E-state index in [0.29, 0.717) is 33.7 Å². The molecule has 0 saturated heterocycles. The molecule has 32 heavy (non-hydrogen) atoms. The maximum Gasteiger partial charge on any atom is 0.349 e. The number of carbonyl (C=O) groups is 2. The summed E-state index contributed by atoms with van der Waals surface area (Å²) in [5, 5.41) is 0.479. The van der Waals surface area contributed by atoms with E-state index in [4.69, 9.17) is 4.74 Å². The number of benzene rings is 1. The molecule has 1 atom stereocenters. The molecule has 7 nitrogen and oxygen atoms in total. The highest BCUT2D eigenvalue weighted by molar-refractivity contribution is 7.20. The number of ether oxygens (including phenoxy) is 1. The van der Waals surface area contributed by atoms with Crippen molar-refractivity contribution in [3.8, 4) is 0 Å². The van der Waals surface area contributed by atoms with Gasteiger partial charge in [0.05, 0.1) is 5.39 Å². The number of thiophene rings is 1. The predicted molar refractivity (Wildman–Crippen MR) is 124 cm³/mol. The van der Waals surface area contributed by atoms with Crippen LogP contribution in [0.2, 0.25) is 0 Å². The van der Waals surface area contributed by atoms with Crippen molar-refractivity contribution in [1.29, 1.82) is 0 Å². The molecule has 2 aromatic heterocycles. The summed E-state index contributed by atoms with van der Waals surface area (Å²) in [5.41, 5.74) is 1.48. The van der Waals surface area contributed by atoms with Gasteiger partial charge in [-0.15, -0.1) is 11.3 Å². The number of hydrogen-bond donors (Lipinski definition) is 0. The van der Waals surface area contributed by atoms with Gasteiger partial charge in [0.1, 0.15) is 15.5 Å². The Balaban J connectivity index is 1.53. The second kappa shape index (κ2) is 9.24. The predicted octanol–water partition coefficient (Wildman–Crippen LogP) is 3.70. The lowest BCUT2D eigenvalue weighted by atomic mass is 10.2. The third-order valence-corrected chi connectivity index (χ3v) is 7.03. The standard InChI is InChI=1S/C24H27N3O4S/c1-15-19-21(25-18-12-8-5-9-13-27(18)23(19)29)32-20(15)24(30)31-16(2)22(28)26(3)14-17-10-6-4-7-11-17/h4,6-7,10-11,16H,5,8-9,12-14H2,1-3H3. The first-order valence-corrected chi connectivity index (χ1v) is 11.7. The van der Waals surface area contributed by atoms with E-state index in [1.54, 1.807) is 25.5 Å². The van der Waals surface area contributed by atoms with Crippen LogP contribution in [0.4, 0.5) is 0 Å². The van der Waals surface area contributed by atoms with Crippen LogP contribution in [-0.2, 0) is 29.0 Å². The summed E-state index contributed by atoms with van der Waals surface area (Å²) in [5.74, 6) is -0.0998. The van der Waals surface area contributed by atoms with Crippen LogP contribution in [0.1, 0.15) is 52.8 Å². The lowest BCUT2D eigenvalue weighted by Gasteiger charge is -2.21.